The number of carbonyl (C=O) groups excluding carboxylic acids is 1. The Bertz CT molecular complexity index is 530. The van der Waals surface area contributed by atoms with E-state index in [0.29, 0.717) is 0 Å². The standard InChI is InChI=1S/C12H11F4NO3/c1-11(10(19)20,17-9(18)12(14,15)16)6-7-4-2-3-5-8(7)13/h2-5H,6H2,1H3,(H,17,18)(H,19,20)/t11-/m0/s1. The summed E-state index contributed by atoms with van der Waals surface area (Å²) in [6.45, 7) is 0.880. The molecule has 0 aromatic heterocycles. The number of nitrogens with one attached hydrogen (secondary N) is 1. The Labute approximate surface area is 111 Å². The van der Waals surface area contributed by atoms with Gasteiger partial charge in [0.05, 0.1) is 0 Å². The van der Waals surface area contributed by atoms with E-state index in [4.69, 9.17) is 5.11 Å². The normalized spacial score (nSPS) is 14.4. The van der Waals surface area contributed by atoms with Crippen molar-refractivity contribution in [2.45, 2.75) is 25.1 Å². The fourth-order valence-corrected chi connectivity index (χ4v) is 1.52. The lowest BCUT2D eigenvalue weighted by molar-refractivity contribution is -0.177. The van der Waals surface area contributed by atoms with Crippen LogP contribution in [-0.2, 0) is 16.0 Å². The Balaban J connectivity index is 3.02. The van der Waals surface area contributed by atoms with E-state index in [-0.39, 0.29) is 5.56 Å². The lowest BCUT2D eigenvalue weighted by atomic mass is 9.92. The van der Waals surface area contributed by atoms with Crippen molar-refractivity contribution >= 4 is 11.9 Å². The van der Waals surface area contributed by atoms with Crippen molar-refractivity contribution in [1.29, 1.82) is 0 Å². The first kappa shape index (κ1) is 15.9. The molecule has 110 valence electrons. The van der Waals surface area contributed by atoms with Crippen LogP contribution in [0.1, 0.15) is 12.5 Å². The number of hydrogen-bond acceptors (Lipinski definition) is 2. The van der Waals surface area contributed by atoms with Crippen LogP contribution in [0.25, 0.3) is 0 Å². The molecule has 1 rings (SSSR count). The van der Waals surface area contributed by atoms with Gasteiger partial charge < -0.3 is 10.4 Å². The Morgan fingerprint density at radius 3 is 2.25 bits per heavy atom. The molecule has 1 aromatic rings. The summed E-state index contributed by atoms with van der Waals surface area (Å²) < 4.78 is 50.0. The van der Waals surface area contributed by atoms with Crippen LogP contribution in [-0.4, -0.2) is 28.7 Å². The van der Waals surface area contributed by atoms with Gasteiger partial charge in [-0.3, -0.25) is 4.79 Å². The molecule has 0 saturated heterocycles. The van der Waals surface area contributed by atoms with Crippen LogP contribution in [0, 0.1) is 5.82 Å². The number of hydrogen-bond donors (Lipinski definition) is 2. The average Bonchev–Trinajstić information content (AvgIpc) is 2.30. The van der Waals surface area contributed by atoms with Crippen molar-refractivity contribution in [3.8, 4) is 0 Å². The van der Waals surface area contributed by atoms with Gasteiger partial charge in [0.2, 0.25) is 0 Å². The third-order valence-electron chi connectivity index (χ3n) is 2.62. The van der Waals surface area contributed by atoms with Crippen LogP contribution < -0.4 is 5.32 Å². The summed E-state index contributed by atoms with van der Waals surface area (Å²) in [4.78, 5) is 22.0. The summed E-state index contributed by atoms with van der Waals surface area (Å²) in [5.41, 5.74) is -2.38. The zero-order valence-electron chi connectivity index (χ0n) is 10.3. The molecule has 20 heavy (non-hydrogen) atoms. The van der Waals surface area contributed by atoms with Crippen LogP contribution in [0.4, 0.5) is 17.6 Å². The van der Waals surface area contributed by atoms with Gasteiger partial charge in [0.25, 0.3) is 0 Å². The highest BCUT2D eigenvalue weighted by Crippen LogP contribution is 2.20. The molecule has 0 saturated carbocycles. The van der Waals surface area contributed by atoms with Crippen LogP contribution in [0.3, 0.4) is 0 Å². The van der Waals surface area contributed by atoms with Crippen molar-refractivity contribution in [2.75, 3.05) is 0 Å². The van der Waals surface area contributed by atoms with E-state index in [0.717, 1.165) is 13.0 Å². The predicted octanol–water partition coefficient (Wildman–Crippen LogP) is 1.89. The van der Waals surface area contributed by atoms with Gasteiger partial charge in [0.1, 0.15) is 11.4 Å². The Morgan fingerprint density at radius 1 is 1.25 bits per heavy atom. The number of amides is 1. The van der Waals surface area contributed by atoms with Gasteiger partial charge >= 0.3 is 18.1 Å². The number of carboxylic acids is 1. The lowest BCUT2D eigenvalue weighted by Gasteiger charge is -2.27. The molecule has 2 N–H and O–H groups in total. The first-order chi connectivity index (χ1) is 9.06. The second kappa shape index (κ2) is 5.48. The van der Waals surface area contributed by atoms with Gasteiger partial charge in [0.15, 0.2) is 0 Å². The molecule has 0 aliphatic heterocycles. The molecule has 0 spiro atoms. The van der Waals surface area contributed by atoms with Crippen LogP contribution >= 0.6 is 0 Å². The second-order valence-corrected chi connectivity index (χ2v) is 4.36. The SMILES string of the molecule is C[C@@](Cc1ccccc1F)(NC(=O)C(F)(F)F)C(=O)O. The number of benzene rings is 1. The number of carbonyl (C=O) groups is 2. The molecule has 1 atom stereocenters. The number of halogens is 4. The minimum absolute atomic E-state index is 0.111. The third kappa shape index (κ3) is 3.69. The molecule has 4 nitrogen and oxygen atoms in total. The van der Waals surface area contributed by atoms with E-state index in [1.807, 2.05) is 0 Å². The van der Waals surface area contributed by atoms with Gasteiger partial charge in [-0.1, -0.05) is 18.2 Å². The van der Waals surface area contributed by atoms with Crippen LogP contribution in [0.5, 0.6) is 0 Å². The number of rotatable bonds is 4. The van der Waals surface area contributed by atoms with E-state index < -0.39 is 35.8 Å². The van der Waals surface area contributed by atoms with E-state index in [1.165, 1.54) is 23.5 Å². The van der Waals surface area contributed by atoms with Gasteiger partial charge in [-0.2, -0.15) is 13.2 Å². The second-order valence-electron chi connectivity index (χ2n) is 4.36. The number of carboxylic acid groups (broad SMARTS) is 1. The number of alkyl halides is 3. The maximum atomic E-state index is 13.4. The van der Waals surface area contributed by atoms with Crippen molar-refractivity contribution in [3.05, 3.63) is 35.6 Å². The van der Waals surface area contributed by atoms with Crippen molar-refractivity contribution in [1.82, 2.24) is 5.32 Å². The van der Waals surface area contributed by atoms with E-state index in [9.17, 15) is 27.2 Å². The summed E-state index contributed by atoms with van der Waals surface area (Å²) in [6.07, 6.45) is -5.83. The Morgan fingerprint density at radius 2 is 1.80 bits per heavy atom. The zero-order chi connectivity index (χ0) is 15.6. The molecule has 0 bridgehead atoms. The molecule has 8 heteroatoms. The maximum absolute atomic E-state index is 13.4. The number of aliphatic carboxylic acids is 1. The van der Waals surface area contributed by atoms with E-state index >= 15 is 0 Å². The van der Waals surface area contributed by atoms with E-state index in [1.54, 1.807) is 0 Å². The predicted molar refractivity (Wildman–Crippen MR) is 60.3 cm³/mol. The topological polar surface area (TPSA) is 66.4 Å². The molecule has 0 fully saturated rings. The summed E-state index contributed by atoms with van der Waals surface area (Å²) in [5.74, 6) is -4.85. The lowest BCUT2D eigenvalue weighted by Crippen LogP contribution is -2.57. The monoisotopic (exact) mass is 293 g/mol. The first-order valence-corrected chi connectivity index (χ1v) is 5.42. The van der Waals surface area contributed by atoms with Crippen LogP contribution in [0.15, 0.2) is 24.3 Å². The highest BCUT2D eigenvalue weighted by Gasteiger charge is 2.45. The third-order valence-corrected chi connectivity index (χ3v) is 2.62. The molecular weight excluding hydrogens is 282 g/mol. The van der Waals surface area contributed by atoms with Crippen LogP contribution in [0.2, 0.25) is 0 Å². The quantitative estimate of drug-likeness (QED) is 0.833. The molecule has 0 heterocycles. The fraction of sp³-hybridized carbons (Fsp3) is 0.333. The highest BCUT2D eigenvalue weighted by atomic mass is 19.4. The van der Waals surface area contributed by atoms with Gasteiger partial charge in [-0.15, -0.1) is 0 Å². The largest absolute Gasteiger partial charge is 0.480 e. The fourth-order valence-electron chi connectivity index (χ4n) is 1.52. The molecule has 0 aliphatic rings. The van der Waals surface area contributed by atoms with Crippen molar-refractivity contribution < 1.29 is 32.3 Å². The van der Waals surface area contributed by atoms with Crippen molar-refractivity contribution in [3.63, 3.8) is 0 Å². The van der Waals surface area contributed by atoms with Gasteiger partial charge in [0, 0.05) is 6.42 Å². The Kier molecular flexibility index (Phi) is 4.36. The summed E-state index contributed by atoms with van der Waals surface area (Å²) in [7, 11) is 0. The highest BCUT2D eigenvalue weighted by molar-refractivity contribution is 5.89. The summed E-state index contributed by atoms with van der Waals surface area (Å²) in [5, 5.41) is 10.4. The Hall–Kier alpha value is -2.12. The zero-order valence-corrected chi connectivity index (χ0v) is 10.3. The minimum Gasteiger partial charge on any atom is -0.480 e. The molecule has 1 amide bonds. The minimum atomic E-state index is -5.22. The molecule has 1 aromatic carbocycles. The summed E-state index contributed by atoms with van der Waals surface area (Å²) >= 11 is 0. The average molecular weight is 293 g/mol. The molecule has 0 aliphatic carbocycles. The smallest absolute Gasteiger partial charge is 0.471 e. The first-order valence-electron chi connectivity index (χ1n) is 5.42. The van der Waals surface area contributed by atoms with E-state index in [2.05, 4.69) is 0 Å². The maximum Gasteiger partial charge on any atom is 0.471 e. The molecule has 0 unspecified atom stereocenters. The molecule has 0 radical (unpaired) electrons. The van der Waals surface area contributed by atoms with Crippen molar-refractivity contribution in [2.24, 2.45) is 0 Å². The molecular formula is C12H11F4NO3. The van der Waals surface area contributed by atoms with Gasteiger partial charge in [-0.05, 0) is 18.6 Å². The summed E-state index contributed by atoms with van der Waals surface area (Å²) in [6, 6.07) is 5.04. The van der Waals surface area contributed by atoms with Gasteiger partial charge in [-0.25, -0.2) is 9.18 Å².